The second kappa shape index (κ2) is 4.58. The molecule has 0 aliphatic rings. The van der Waals surface area contributed by atoms with E-state index in [4.69, 9.17) is 14.3 Å². The maximum atomic E-state index is 12.1. The van der Waals surface area contributed by atoms with Crippen LogP contribution >= 0.6 is 0 Å². The second-order valence-electron chi connectivity index (χ2n) is 3.80. The molecule has 19 heavy (non-hydrogen) atoms. The van der Waals surface area contributed by atoms with Crippen LogP contribution in [-0.2, 0) is 9.84 Å². The van der Waals surface area contributed by atoms with Crippen molar-refractivity contribution in [1.82, 2.24) is 0 Å². The topological polar surface area (TPSA) is 93.8 Å². The van der Waals surface area contributed by atoms with E-state index in [1.807, 2.05) is 0 Å². The first-order chi connectivity index (χ1) is 8.92. The Morgan fingerprint density at radius 1 is 1.42 bits per heavy atom. The Kier molecular flexibility index (Phi) is 3.23. The zero-order valence-corrected chi connectivity index (χ0v) is 11.2. The van der Waals surface area contributed by atoms with Crippen LogP contribution in [0.3, 0.4) is 0 Å². The molecule has 1 N–H and O–H groups in total. The molecule has 0 saturated carbocycles. The number of aromatic carboxylic acids is 1. The van der Waals surface area contributed by atoms with Crippen molar-refractivity contribution in [2.45, 2.75) is 11.8 Å². The summed E-state index contributed by atoms with van der Waals surface area (Å²) in [6.45, 7) is 1.44. The first-order valence-corrected chi connectivity index (χ1v) is 7.13. The van der Waals surface area contributed by atoms with Gasteiger partial charge in [-0.25, -0.2) is 13.2 Å². The molecule has 1 aromatic heterocycles. The summed E-state index contributed by atoms with van der Waals surface area (Å²) in [6.07, 6.45) is 0. The predicted molar refractivity (Wildman–Crippen MR) is 67.5 cm³/mol. The Balaban J connectivity index is 2.99. The van der Waals surface area contributed by atoms with Crippen LogP contribution in [0.1, 0.15) is 17.5 Å². The van der Waals surface area contributed by atoms with Crippen molar-refractivity contribution in [1.29, 1.82) is 0 Å². The number of furan rings is 1. The normalized spacial score (nSPS) is 11.7. The van der Waals surface area contributed by atoms with Crippen molar-refractivity contribution in [3.8, 4) is 5.75 Å². The van der Waals surface area contributed by atoms with Crippen molar-refractivity contribution < 1.29 is 27.5 Å². The molecule has 6 nitrogen and oxygen atoms in total. The fraction of sp³-hybridized carbons (Fsp3) is 0.250. The van der Waals surface area contributed by atoms with E-state index in [1.165, 1.54) is 20.1 Å². The number of methoxy groups -OCH3 is 1. The molecule has 0 radical (unpaired) electrons. The van der Waals surface area contributed by atoms with Gasteiger partial charge in [-0.15, -0.1) is 0 Å². The lowest BCUT2D eigenvalue weighted by Gasteiger charge is -2.04. The maximum Gasteiger partial charge on any atom is 0.373 e. The molecule has 0 saturated heterocycles. The molecule has 0 aliphatic carbocycles. The van der Waals surface area contributed by atoms with Crippen LogP contribution in [0.15, 0.2) is 27.5 Å². The summed E-state index contributed by atoms with van der Waals surface area (Å²) in [6, 6.07) is 4.65. The summed E-state index contributed by atoms with van der Waals surface area (Å²) in [5.41, 5.74) is 0.170. The molecule has 7 heteroatoms. The molecular weight excluding hydrogens is 272 g/mol. The van der Waals surface area contributed by atoms with Crippen molar-refractivity contribution in [3.05, 3.63) is 24.0 Å². The van der Waals surface area contributed by atoms with Gasteiger partial charge in [0, 0.05) is 0 Å². The minimum atomic E-state index is -3.74. The Morgan fingerprint density at radius 3 is 2.63 bits per heavy atom. The molecule has 0 atom stereocenters. The van der Waals surface area contributed by atoms with E-state index < -0.39 is 21.6 Å². The van der Waals surface area contributed by atoms with E-state index in [2.05, 4.69) is 0 Å². The summed E-state index contributed by atoms with van der Waals surface area (Å²) in [5, 5.41) is 9.26. The van der Waals surface area contributed by atoms with Gasteiger partial charge >= 0.3 is 5.97 Å². The van der Waals surface area contributed by atoms with Crippen molar-refractivity contribution in [2.24, 2.45) is 0 Å². The van der Waals surface area contributed by atoms with E-state index in [1.54, 1.807) is 12.1 Å². The number of rotatable bonds is 4. The van der Waals surface area contributed by atoms with Gasteiger partial charge in [0.15, 0.2) is 9.84 Å². The first-order valence-electron chi connectivity index (χ1n) is 5.48. The number of carbonyl (C=O) groups is 1. The summed E-state index contributed by atoms with van der Waals surface area (Å²) < 4.78 is 34.4. The van der Waals surface area contributed by atoms with Crippen LogP contribution < -0.4 is 4.74 Å². The molecule has 102 valence electrons. The van der Waals surface area contributed by atoms with Gasteiger partial charge < -0.3 is 14.3 Å². The fourth-order valence-electron chi connectivity index (χ4n) is 1.84. The molecule has 0 amide bonds. The number of fused-ring (bicyclic) bond motifs is 1. The third kappa shape index (κ3) is 2.06. The van der Waals surface area contributed by atoms with Gasteiger partial charge in [-0.2, -0.15) is 0 Å². The van der Waals surface area contributed by atoms with Gasteiger partial charge in [-0.1, -0.05) is 13.0 Å². The fourth-order valence-corrected chi connectivity index (χ4v) is 3.05. The number of hydrogen-bond acceptors (Lipinski definition) is 5. The van der Waals surface area contributed by atoms with Gasteiger partial charge in [-0.05, 0) is 12.1 Å². The Labute approximate surface area is 109 Å². The van der Waals surface area contributed by atoms with Crippen LogP contribution in [0.2, 0.25) is 0 Å². The van der Waals surface area contributed by atoms with Gasteiger partial charge in [0.25, 0.3) is 0 Å². The quantitative estimate of drug-likeness (QED) is 0.922. The highest BCUT2D eigenvalue weighted by atomic mass is 32.2. The number of benzene rings is 1. The lowest BCUT2D eigenvalue weighted by molar-refractivity contribution is 0.0659. The van der Waals surface area contributed by atoms with Gasteiger partial charge in [-0.3, -0.25) is 0 Å². The minimum absolute atomic E-state index is 0.170. The smallest absolute Gasteiger partial charge is 0.373 e. The van der Waals surface area contributed by atoms with Gasteiger partial charge in [0.2, 0.25) is 5.76 Å². The van der Waals surface area contributed by atoms with E-state index in [-0.39, 0.29) is 27.4 Å². The number of carboxylic acids is 1. The van der Waals surface area contributed by atoms with E-state index in [0.717, 1.165) is 0 Å². The van der Waals surface area contributed by atoms with Crippen LogP contribution in [0, 0.1) is 0 Å². The predicted octanol–water partition coefficient (Wildman–Crippen LogP) is 1.93. The third-order valence-electron chi connectivity index (χ3n) is 2.74. The molecule has 1 aromatic carbocycles. The zero-order chi connectivity index (χ0) is 14.2. The molecule has 0 unspecified atom stereocenters. The largest absolute Gasteiger partial charge is 0.496 e. The third-order valence-corrected chi connectivity index (χ3v) is 4.51. The number of sulfone groups is 1. The number of carboxylic acid groups (broad SMARTS) is 1. The maximum absolute atomic E-state index is 12.1. The molecule has 0 spiro atoms. The highest BCUT2D eigenvalue weighted by Crippen LogP contribution is 2.37. The minimum Gasteiger partial charge on any atom is -0.496 e. The number of ether oxygens (including phenoxy) is 1. The molecule has 0 aliphatic heterocycles. The average Bonchev–Trinajstić information content (AvgIpc) is 2.78. The van der Waals surface area contributed by atoms with Gasteiger partial charge in [0.1, 0.15) is 16.2 Å². The van der Waals surface area contributed by atoms with Crippen LogP contribution in [0.5, 0.6) is 5.75 Å². The lowest BCUT2D eigenvalue weighted by atomic mass is 10.2. The molecule has 0 fully saturated rings. The lowest BCUT2D eigenvalue weighted by Crippen LogP contribution is -2.09. The summed E-state index contributed by atoms with van der Waals surface area (Å²) >= 11 is 0. The van der Waals surface area contributed by atoms with E-state index in [0.29, 0.717) is 0 Å². The van der Waals surface area contributed by atoms with Crippen molar-refractivity contribution >= 4 is 26.8 Å². The highest BCUT2D eigenvalue weighted by Gasteiger charge is 2.30. The summed E-state index contributed by atoms with van der Waals surface area (Å²) in [4.78, 5) is 10.8. The SMILES string of the molecule is CCS(=O)(=O)c1c(C(=O)O)oc2cccc(OC)c12. The van der Waals surface area contributed by atoms with Crippen molar-refractivity contribution in [2.75, 3.05) is 12.9 Å². The zero-order valence-electron chi connectivity index (χ0n) is 10.3. The number of hydrogen-bond donors (Lipinski definition) is 1. The average molecular weight is 284 g/mol. The van der Waals surface area contributed by atoms with Gasteiger partial charge in [0.05, 0.1) is 18.2 Å². The molecule has 0 bridgehead atoms. The van der Waals surface area contributed by atoms with Crippen LogP contribution in [-0.4, -0.2) is 32.4 Å². The first kappa shape index (κ1) is 13.4. The highest BCUT2D eigenvalue weighted by molar-refractivity contribution is 7.91. The Morgan fingerprint density at radius 2 is 2.11 bits per heavy atom. The summed E-state index contributed by atoms with van der Waals surface area (Å²) in [5.74, 6) is -1.97. The summed E-state index contributed by atoms with van der Waals surface area (Å²) in [7, 11) is -2.36. The molecular formula is C12H12O6S. The molecule has 2 rings (SSSR count). The molecule has 1 heterocycles. The van der Waals surface area contributed by atoms with E-state index in [9.17, 15) is 13.2 Å². The van der Waals surface area contributed by atoms with Crippen LogP contribution in [0.25, 0.3) is 11.0 Å². The Hall–Kier alpha value is -2.02. The van der Waals surface area contributed by atoms with E-state index >= 15 is 0 Å². The Bertz CT molecular complexity index is 741. The second-order valence-corrected chi connectivity index (χ2v) is 6.02. The van der Waals surface area contributed by atoms with Crippen molar-refractivity contribution in [3.63, 3.8) is 0 Å². The standard InChI is InChI=1S/C12H12O6S/c1-3-19(15,16)11-9-7(17-2)5-4-6-8(9)18-10(11)12(13)14/h4-6H,3H2,1-2H3,(H,13,14). The molecule has 2 aromatic rings. The van der Waals surface area contributed by atoms with Crippen LogP contribution in [0.4, 0.5) is 0 Å². The monoisotopic (exact) mass is 284 g/mol.